The molecule has 1 aliphatic carbocycles. The minimum absolute atomic E-state index is 0.441. The quantitative estimate of drug-likeness (QED) is 0.729. The molecule has 0 saturated carbocycles. The monoisotopic (exact) mass is 385 g/mol. The van der Waals surface area contributed by atoms with E-state index >= 15 is 0 Å². The van der Waals surface area contributed by atoms with Crippen molar-refractivity contribution < 1.29 is 19.0 Å². The van der Waals surface area contributed by atoms with Crippen molar-refractivity contribution in [2.75, 3.05) is 14.2 Å². The molecule has 3 aromatic rings. The number of nitrogens with two attached hydrogens (primary N) is 1. The smallest absolute Gasteiger partial charge is 0.259 e. The average Bonchev–Trinajstić information content (AvgIpc) is 3.22. The molecule has 2 aromatic heterocycles. The normalized spacial score (nSPS) is 12.3. The number of hydrogen-bond donors (Lipinski definition) is 1. The van der Waals surface area contributed by atoms with Crippen molar-refractivity contribution >= 4 is 17.2 Å². The second kappa shape index (κ2) is 6.62. The molecule has 140 valence electrons. The van der Waals surface area contributed by atoms with Gasteiger partial charge in [0.15, 0.2) is 16.6 Å². The third-order valence-electron chi connectivity index (χ3n) is 4.66. The summed E-state index contributed by atoms with van der Waals surface area (Å²) >= 11 is 1.27. The Labute approximate surface area is 160 Å². The number of carbonyl (C=O) groups excluding carboxylic acids is 1. The lowest BCUT2D eigenvalue weighted by Gasteiger charge is -2.16. The number of aryl methyl sites for hydroxylation is 2. The largest absolute Gasteiger partial charge is 0.493 e. The summed E-state index contributed by atoms with van der Waals surface area (Å²) in [6.45, 7) is 0. The predicted octanol–water partition coefficient (Wildman–Crippen LogP) is 3.16. The number of carbonyl (C=O) groups is 1. The number of nitrogens with zero attached hydrogens (tertiary/aromatic N) is 2. The van der Waals surface area contributed by atoms with Gasteiger partial charge in [-0.2, -0.15) is 5.10 Å². The number of rotatable bonds is 5. The number of thiophene rings is 1. The van der Waals surface area contributed by atoms with Gasteiger partial charge in [0.25, 0.3) is 5.91 Å². The molecular weight excluding hydrogens is 366 g/mol. The van der Waals surface area contributed by atoms with E-state index in [4.69, 9.17) is 19.9 Å². The van der Waals surface area contributed by atoms with Crippen molar-refractivity contribution in [2.24, 2.45) is 12.8 Å². The summed E-state index contributed by atoms with van der Waals surface area (Å²) in [5.41, 5.74) is 9.54. The summed E-state index contributed by atoms with van der Waals surface area (Å²) in [7, 11) is 5.04. The Morgan fingerprint density at radius 2 is 2.00 bits per heavy atom. The first-order valence-corrected chi connectivity index (χ1v) is 9.21. The molecule has 4 rings (SSSR count). The molecule has 0 unspecified atom stereocenters. The fourth-order valence-corrected chi connectivity index (χ4v) is 4.50. The summed E-state index contributed by atoms with van der Waals surface area (Å²) in [4.78, 5) is 12.5. The summed E-state index contributed by atoms with van der Waals surface area (Å²) in [6, 6.07) is 5.32. The van der Waals surface area contributed by atoms with Gasteiger partial charge in [-0.25, -0.2) is 0 Å². The number of amides is 1. The van der Waals surface area contributed by atoms with E-state index in [0.29, 0.717) is 27.2 Å². The number of fused-ring (bicyclic) bond motifs is 3. The maximum Gasteiger partial charge on any atom is 0.259 e. The zero-order valence-corrected chi connectivity index (χ0v) is 16.1. The highest BCUT2D eigenvalue weighted by Gasteiger charge is 2.31. The number of primary amides is 1. The van der Waals surface area contributed by atoms with E-state index in [0.717, 1.165) is 35.2 Å². The van der Waals surface area contributed by atoms with E-state index in [1.807, 2.05) is 17.9 Å². The summed E-state index contributed by atoms with van der Waals surface area (Å²) < 4.78 is 18.6. The Balaban J connectivity index is 1.83. The topological polar surface area (TPSA) is 88.6 Å². The highest BCUT2D eigenvalue weighted by atomic mass is 32.1. The van der Waals surface area contributed by atoms with Gasteiger partial charge in [-0.1, -0.05) is 11.3 Å². The van der Waals surface area contributed by atoms with Crippen LogP contribution in [0, 0.1) is 0 Å². The van der Waals surface area contributed by atoms with E-state index in [1.165, 1.54) is 11.3 Å². The fraction of sp³-hybridized carbons (Fsp3) is 0.263. The minimum Gasteiger partial charge on any atom is -0.493 e. The molecule has 0 bridgehead atoms. The molecule has 27 heavy (non-hydrogen) atoms. The van der Waals surface area contributed by atoms with Gasteiger partial charge in [0.05, 0.1) is 36.6 Å². The number of hydrogen-bond acceptors (Lipinski definition) is 6. The molecule has 7 nitrogen and oxygen atoms in total. The molecule has 1 aromatic carbocycles. The van der Waals surface area contributed by atoms with Gasteiger partial charge in [-0.05, 0) is 36.1 Å². The molecule has 2 N–H and O–H groups in total. The molecule has 0 atom stereocenters. The summed E-state index contributed by atoms with van der Waals surface area (Å²) in [6.07, 6.45) is 3.42. The highest BCUT2D eigenvalue weighted by Crippen LogP contribution is 2.48. The Morgan fingerprint density at radius 1 is 1.22 bits per heavy atom. The maximum atomic E-state index is 12.0. The van der Waals surface area contributed by atoms with Crippen molar-refractivity contribution in [3.63, 3.8) is 0 Å². The summed E-state index contributed by atoms with van der Waals surface area (Å²) in [5, 5.41) is 4.98. The highest BCUT2D eigenvalue weighted by molar-refractivity contribution is 7.16. The van der Waals surface area contributed by atoms with E-state index in [-0.39, 0.29) is 0 Å². The van der Waals surface area contributed by atoms with Crippen LogP contribution in [0.1, 0.15) is 20.8 Å². The average molecular weight is 385 g/mol. The molecule has 1 amide bonds. The SMILES string of the molecule is COc1ccc(Oc2sc(C(N)=O)c3c2-c2c(cnn2C)CC3)cc1OC. The molecule has 0 fully saturated rings. The van der Waals surface area contributed by atoms with Gasteiger partial charge in [0.2, 0.25) is 0 Å². The second-order valence-electron chi connectivity index (χ2n) is 6.20. The third-order valence-corrected chi connectivity index (χ3v) is 5.78. The third kappa shape index (κ3) is 2.82. The Kier molecular flexibility index (Phi) is 4.27. The van der Waals surface area contributed by atoms with Gasteiger partial charge in [-0.15, -0.1) is 0 Å². The predicted molar refractivity (Wildman–Crippen MR) is 102 cm³/mol. The number of benzene rings is 1. The molecular formula is C19H19N3O4S. The van der Waals surface area contributed by atoms with Crippen LogP contribution in [0.25, 0.3) is 11.3 Å². The van der Waals surface area contributed by atoms with Crippen LogP contribution in [0.2, 0.25) is 0 Å². The molecule has 2 heterocycles. The molecule has 1 aliphatic rings. The zero-order chi connectivity index (χ0) is 19.1. The first-order chi connectivity index (χ1) is 13.0. The fourth-order valence-electron chi connectivity index (χ4n) is 3.43. The van der Waals surface area contributed by atoms with Crippen molar-refractivity contribution in [1.29, 1.82) is 0 Å². The Morgan fingerprint density at radius 3 is 2.70 bits per heavy atom. The number of methoxy groups -OCH3 is 2. The Hall–Kier alpha value is -3.00. The van der Waals surface area contributed by atoms with Gasteiger partial charge in [0, 0.05) is 13.1 Å². The van der Waals surface area contributed by atoms with E-state index in [9.17, 15) is 4.79 Å². The van der Waals surface area contributed by atoms with Crippen molar-refractivity contribution in [3.8, 4) is 33.6 Å². The van der Waals surface area contributed by atoms with Gasteiger partial charge in [-0.3, -0.25) is 9.48 Å². The van der Waals surface area contributed by atoms with Gasteiger partial charge >= 0.3 is 0 Å². The van der Waals surface area contributed by atoms with Crippen LogP contribution in [-0.2, 0) is 19.9 Å². The van der Waals surface area contributed by atoms with Crippen molar-refractivity contribution in [2.45, 2.75) is 12.8 Å². The molecule has 0 saturated heterocycles. The van der Waals surface area contributed by atoms with Crippen LogP contribution in [0.15, 0.2) is 24.4 Å². The molecule has 8 heteroatoms. The molecule has 0 spiro atoms. The van der Waals surface area contributed by atoms with E-state index in [2.05, 4.69) is 5.10 Å². The van der Waals surface area contributed by atoms with Crippen LogP contribution in [0.5, 0.6) is 22.3 Å². The van der Waals surface area contributed by atoms with Crippen LogP contribution < -0.4 is 19.9 Å². The zero-order valence-electron chi connectivity index (χ0n) is 15.2. The molecule has 0 aliphatic heterocycles. The van der Waals surface area contributed by atoms with Gasteiger partial charge in [0.1, 0.15) is 5.75 Å². The van der Waals surface area contributed by atoms with Crippen LogP contribution >= 0.6 is 11.3 Å². The lowest BCUT2D eigenvalue weighted by molar-refractivity contribution is 0.100. The molecule has 0 radical (unpaired) electrons. The lowest BCUT2D eigenvalue weighted by Crippen LogP contribution is -2.13. The lowest BCUT2D eigenvalue weighted by atomic mass is 9.91. The van der Waals surface area contributed by atoms with Crippen LogP contribution in [0.4, 0.5) is 0 Å². The Bertz CT molecular complexity index is 1040. The van der Waals surface area contributed by atoms with E-state index in [1.54, 1.807) is 32.4 Å². The number of aromatic nitrogens is 2. The first-order valence-electron chi connectivity index (χ1n) is 8.40. The van der Waals surface area contributed by atoms with Crippen molar-refractivity contribution in [3.05, 3.63) is 40.4 Å². The summed E-state index contributed by atoms with van der Waals surface area (Å²) in [5.74, 6) is 1.33. The minimum atomic E-state index is -0.441. The second-order valence-corrected chi connectivity index (χ2v) is 7.18. The van der Waals surface area contributed by atoms with Crippen LogP contribution in [-0.4, -0.2) is 29.9 Å². The first kappa shape index (κ1) is 17.4. The standard InChI is InChI=1S/C19H19N3O4S/c1-22-16-10(9-21-22)4-6-12-15(16)19(27-17(12)18(20)23)26-11-5-7-13(24-2)14(8-11)25-3/h5,7-9H,4,6H2,1-3H3,(H2,20,23). The van der Waals surface area contributed by atoms with Crippen molar-refractivity contribution in [1.82, 2.24) is 9.78 Å². The maximum absolute atomic E-state index is 12.0. The van der Waals surface area contributed by atoms with Crippen LogP contribution in [0.3, 0.4) is 0 Å². The van der Waals surface area contributed by atoms with Gasteiger partial charge < -0.3 is 19.9 Å². The van der Waals surface area contributed by atoms with E-state index < -0.39 is 5.91 Å². The number of ether oxygens (including phenoxy) is 3.